The Hall–Kier alpha value is -0.540. The van der Waals surface area contributed by atoms with Crippen molar-refractivity contribution in [2.45, 2.75) is 38.2 Å². The summed E-state index contributed by atoms with van der Waals surface area (Å²) in [4.78, 5) is 0. The molecule has 19 heavy (non-hydrogen) atoms. The maximum absolute atomic E-state index is 5.70. The Morgan fingerprint density at radius 2 is 2.26 bits per heavy atom. The van der Waals surface area contributed by atoms with Gasteiger partial charge in [-0.25, -0.2) is 0 Å². The van der Waals surface area contributed by atoms with Crippen molar-refractivity contribution in [3.05, 3.63) is 29.8 Å². The monoisotopic (exact) mass is 326 g/mol. The highest BCUT2D eigenvalue weighted by atomic mass is 79.9. The molecule has 0 saturated carbocycles. The predicted octanol–water partition coefficient (Wildman–Crippen LogP) is 4.21. The molecule has 0 amide bonds. The summed E-state index contributed by atoms with van der Waals surface area (Å²) >= 11 is 3.65. The van der Waals surface area contributed by atoms with Gasteiger partial charge >= 0.3 is 0 Å². The zero-order valence-electron chi connectivity index (χ0n) is 11.6. The van der Waals surface area contributed by atoms with Crippen LogP contribution in [0.2, 0.25) is 0 Å². The third-order valence-electron chi connectivity index (χ3n) is 3.84. The highest BCUT2D eigenvalue weighted by Gasteiger charge is 2.18. The van der Waals surface area contributed by atoms with Crippen molar-refractivity contribution >= 4 is 15.9 Å². The summed E-state index contributed by atoms with van der Waals surface area (Å²) in [5, 5.41) is 1.04. The van der Waals surface area contributed by atoms with Gasteiger partial charge in [-0.15, -0.1) is 0 Å². The van der Waals surface area contributed by atoms with Crippen LogP contribution in [-0.4, -0.2) is 25.2 Å². The standard InChI is InChI=1S/C16H23BrO2/c1-18-16-7-3-2-5-14(16)11-13(12-17)8-9-15-6-4-10-19-15/h2-3,5,7,13,15H,4,6,8-12H2,1H3. The fraction of sp³-hybridized carbons (Fsp3) is 0.625. The van der Waals surface area contributed by atoms with E-state index in [1.54, 1.807) is 7.11 Å². The van der Waals surface area contributed by atoms with E-state index in [-0.39, 0.29) is 0 Å². The summed E-state index contributed by atoms with van der Waals surface area (Å²) in [5.74, 6) is 1.66. The first kappa shape index (κ1) is 14.9. The van der Waals surface area contributed by atoms with Gasteiger partial charge < -0.3 is 9.47 Å². The minimum Gasteiger partial charge on any atom is -0.496 e. The maximum Gasteiger partial charge on any atom is 0.122 e. The van der Waals surface area contributed by atoms with E-state index in [9.17, 15) is 0 Å². The van der Waals surface area contributed by atoms with Gasteiger partial charge in [-0.1, -0.05) is 34.1 Å². The van der Waals surface area contributed by atoms with E-state index in [0.717, 1.165) is 24.1 Å². The molecule has 106 valence electrons. The molecule has 2 nitrogen and oxygen atoms in total. The van der Waals surface area contributed by atoms with E-state index in [1.807, 2.05) is 12.1 Å². The van der Waals surface area contributed by atoms with Gasteiger partial charge in [-0.3, -0.25) is 0 Å². The molecule has 0 radical (unpaired) electrons. The second-order valence-corrected chi connectivity index (χ2v) is 5.90. The number of ether oxygens (including phenoxy) is 2. The zero-order valence-corrected chi connectivity index (χ0v) is 13.2. The van der Waals surface area contributed by atoms with Gasteiger partial charge in [0.2, 0.25) is 0 Å². The van der Waals surface area contributed by atoms with Gasteiger partial charge in [0.15, 0.2) is 0 Å². The largest absolute Gasteiger partial charge is 0.496 e. The molecule has 3 heteroatoms. The molecule has 0 aliphatic carbocycles. The Morgan fingerprint density at radius 3 is 2.95 bits per heavy atom. The van der Waals surface area contributed by atoms with E-state index in [4.69, 9.17) is 9.47 Å². The number of rotatable bonds is 7. The van der Waals surface area contributed by atoms with Gasteiger partial charge in [0.1, 0.15) is 5.75 Å². The number of para-hydroxylation sites is 1. The Balaban J connectivity index is 1.86. The Morgan fingerprint density at radius 1 is 1.42 bits per heavy atom. The van der Waals surface area contributed by atoms with Crippen LogP contribution >= 0.6 is 15.9 Å². The molecule has 1 fully saturated rings. The lowest BCUT2D eigenvalue weighted by Gasteiger charge is -2.18. The molecule has 0 N–H and O–H groups in total. The average molecular weight is 327 g/mol. The summed E-state index contributed by atoms with van der Waals surface area (Å²) in [6.45, 7) is 0.955. The van der Waals surface area contributed by atoms with E-state index < -0.39 is 0 Å². The Kier molecular flexibility index (Phi) is 6.18. The summed E-state index contributed by atoms with van der Waals surface area (Å²) in [6.07, 6.45) is 6.44. The zero-order chi connectivity index (χ0) is 13.5. The molecule has 0 bridgehead atoms. The fourth-order valence-electron chi connectivity index (χ4n) is 2.71. The van der Waals surface area contributed by atoms with Crippen LogP contribution in [0.3, 0.4) is 0 Å². The Bertz CT molecular complexity index is 375. The number of hydrogen-bond acceptors (Lipinski definition) is 2. The summed E-state index contributed by atoms with van der Waals surface area (Å²) < 4.78 is 11.1. The maximum atomic E-state index is 5.70. The van der Waals surface area contributed by atoms with Crippen LogP contribution in [0.25, 0.3) is 0 Å². The van der Waals surface area contributed by atoms with E-state index in [2.05, 4.69) is 28.1 Å². The molecule has 1 aromatic carbocycles. The summed E-state index contributed by atoms with van der Waals surface area (Å²) in [6, 6.07) is 8.32. The van der Waals surface area contributed by atoms with Gasteiger partial charge in [0.25, 0.3) is 0 Å². The second kappa shape index (κ2) is 7.91. The number of methoxy groups -OCH3 is 1. The van der Waals surface area contributed by atoms with Crippen LogP contribution in [0.15, 0.2) is 24.3 Å². The van der Waals surface area contributed by atoms with Crippen LogP contribution in [0.1, 0.15) is 31.2 Å². The second-order valence-electron chi connectivity index (χ2n) is 5.25. The molecule has 2 atom stereocenters. The number of alkyl halides is 1. The third kappa shape index (κ3) is 4.50. The van der Waals surface area contributed by atoms with Gasteiger partial charge in [-0.05, 0) is 49.7 Å². The molecule has 0 spiro atoms. The van der Waals surface area contributed by atoms with Crippen molar-refractivity contribution in [2.75, 3.05) is 19.0 Å². The SMILES string of the molecule is COc1ccccc1CC(CBr)CCC1CCCO1. The van der Waals surface area contributed by atoms with E-state index in [1.165, 1.54) is 31.2 Å². The van der Waals surface area contributed by atoms with Crippen LogP contribution in [0.4, 0.5) is 0 Å². The van der Waals surface area contributed by atoms with Gasteiger partial charge in [0.05, 0.1) is 13.2 Å². The van der Waals surface area contributed by atoms with Crippen molar-refractivity contribution < 1.29 is 9.47 Å². The molecular weight excluding hydrogens is 304 g/mol. The summed E-state index contributed by atoms with van der Waals surface area (Å²) in [5.41, 5.74) is 1.31. The number of halogens is 1. The van der Waals surface area contributed by atoms with Crippen LogP contribution in [0, 0.1) is 5.92 Å². The lowest BCUT2D eigenvalue weighted by molar-refractivity contribution is 0.0989. The van der Waals surface area contributed by atoms with E-state index in [0.29, 0.717) is 12.0 Å². The lowest BCUT2D eigenvalue weighted by Crippen LogP contribution is -2.12. The first-order valence-electron chi connectivity index (χ1n) is 7.13. The van der Waals surface area contributed by atoms with Crippen molar-refractivity contribution in [3.63, 3.8) is 0 Å². The van der Waals surface area contributed by atoms with Crippen molar-refractivity contribution in [2.24, 2.45) is 5.92 Å². The van der Waals surface area contributed by atoms with Gasteiger partial charge in [-0.2, -0.15) is 0 Å². The van der Waals surface area contributed by atoms with Crippen molar-refractivity contribution in [1.82, 2.24) is 0 Å². The highest BCUT2D eigenvalue weighted by molar-refractivity contribution is 9.09. The molecule has 2 rings (SSSR count). The quantitative estimate of drug-likeness (QED) is 0.699. The first-order chi connectivity index (χ1) is 9.33. The minimum atomic E-state index is 0.499. The third-order valence-corrected chi connectivity index (χ3v) is 4.76. The molecule has 1 saturated heterocycles. The molecule has 2 unspecified atom stereocenters. The highest BCUT2D eigenvalue weighted by Crippen LogP contribution is 2.26. The van der Waals surface area contributed by atoms with Crippen LogP contribution in [-0.2, 0) is 11.2 Å². The van der Waals surface area contributed by atoms with Crippen LogP contribution in [0.5, 0.6) is 5.75 Å². The van der Waals surface area contributed by atoms with Crippen molar-refractivity contribution in [3.8, 4) is 5.75 Å². The van der Waals surface area contributed by atoms with E-state index >= 15 is 0 Å². The number of benzene rings is 1. The molecule has 1 aliphatic heterocycles. The normalized spacial score (nSPS) is 20.4. The fourth-order valence-corrected chi connectivity index (χ4v) is 3.26. The smallest absolute Gasteiger partial charge is 0.122 e. The summed E-state index contributed by atoms with van der Waals surface area (Å²) in [7, 11) is 1.74. The molecule has 0 aromatic heterocycles. The molecular formula is C16H23BrO2. The molecule has 1 aliphatic rings. The Labute approximate surface area is 124 Å². The molecule has 1 heterocycles. The van der Waals surface area contributed by atoms with Crippen LogP contribution < -0.4 is 4.74 Å². The first-order valence-corrected chi connectivity index (χ1v) is 8.25. The lowest BCUT2D eigenvalue weighted by atomic mass is 9.94. The number of hydrogen-bond donors (Lipinski definition) is 0. The average Bonchev–Trinajstić information content (AvgIpc) is 2.97. The minimum absolute atomic E-state index is 0.499. The topological polar surface area (TPSA) is 18.5 Å². The predicted molar refractivity (Wildman–Crippen MR) is 82.2 cm³/mol. The molecule has 1 aromatic rings. The van der Waals surface area contributed by atoms with Gasteiger partial charge in [0, 0.05) is 11.9 Å². The van der Waals surface area contributed by atoms with Crippen molar-refractivity contribution in [1.29, 1.82) is 0 Å².